The van der Waals surface area contributed by atoms with E-state index in [9.17, 15) is 0 Å². The third-order valence-corrected chi connectivity index (χ3v) is 12.7. The van der Waals surface area contributed by atoms with E-state index in [1.807, 2.05) is 0 Å². The summed E-state index contributed by atoms with van der Waals surface area (Å²) >= 11 is 0. The minimum absolute atomic E-state index is 0.0925. The molecule has 1 saturated carbocycles. The van der Waals surface area contributed by atoms with Gasteiger partial charge in [0.2, 0.25) is 0 Å². The van der Waals surface area contributed by atoms with Gasteiger partial charge in [-0.2, -0.15) is 0 Å². The van der Waals surface area contributed by atoms with Crippen LogP contribution in [-0.4, -0.2) is 0 Å². The Morgan fingerprint density at radius 1 is 0.411 bits per heavy atom. The van der Waals surface area contributed by atoms with E-state index < -0.39 is 0 Å². The third kappa shape index (κ3) is 6.03. The number of rotatable bonds is 7. The second-order valence-electron chi connectivity index (χ2n) is 16.4. The van der Waals surface area contributed by atoms with E-state index in [0.717, 1.165) is 5.69 Å². The van der Waals surface area contributed by atoms with Gasteiger partial charge in [0.1, 0.15) is 0 Å². The Morgan fingerprint density at radius 3 is 1.70 bits per heavy atom. The molecule has 0 bridgehead atoms. The van der Waals surface area contributed by atoms with Crippen LogP contribution in [0.3, 0.4) is 0 Å². The molecule has 8 aromatic rings. The Labute approximate surface area is 331 Å². The van der Waals surface area contributed by atoms with Crippen molar-refractivity contribution in [2.45, 2.75) is 57.3 Å². The van der Waals surface area contributed by atoms with Crippen molar-refractivity contribution in [3.8, 4) is 44.5 Å². The molecular weight excluding hydrogens is 675 g/mol. The number of nitrogens with zero attached hydrogens (tertiary/aromatic N) is 1. The topological polar surface area (TPSA) is 3.24 Å². The van der Waals surface area contributed by atoms with Crippen LogP contribution in [-0.2, 0) is 5.41 Å². The molecule has 0 saturated heterocycles. The maximum atomic E-state index is 2.48. The zero-order valence-corrected chi connectivity index (χ0v) is 32.4. The van der Waals surface area contributed by atoms with E-state index in [-0.39, 0.29) is 5.41 Å². The zero-order valence-electron chi connectivity index (χ0n) is 32.4. The highest BCUT2D eigenvalue weighted by atomic mass is 15.1. The summed E-state index contributed by atoms with van der Waals surface area (Å²) in [6.45, 7) is 4.75. The Kier molecular flexibility index (Phi) is 8.67. The van der Waals surface area contributed by atoms with Crippen LogP contribution in [0.2, 0.25) is 0 Å². The van der Waals surface area contributed by atoms with Crippen LogP contribution in [0.1, 0.15) is 68.6 Å². The highest BCUT2D eigenvalue weighted by Gasteiger charge is 2.35. The lowest BCUT2D eigenvalue weighted by molar-refractivity contribution is 0.444. The summed E-state index contributed by atoms with van der Waals surface area (Å²) in [5, 5.41) is 2.60. The van der Waals surface area contributed by atoms with Crippen molar-refractivity contribution in [1.29, 1.82) is 0 Å². The largest absolute Gasteiger partial charge is 0.310 e. The Hall–Kier alpha value is -6.18. The number of fused-ring (bicyclic) bond motifs is 4. The van der Waals surface area contributed by atoms with E-state index in [2.05, 4.69) is 201 Å². The molecule has 1 nitrogen and oxygen atoms in total. The van der Waals surface area contributed by atoms with Gasteiger partial charge in [-0.25, -0.2) is 0 Å². The van der Waals surface area contributed by atoms with Gasteiger partial charge in [0.05, 0.1) is 0 Å². The van der Waals surface area contributed by atoms with Crippen LogP contribution in [0.25, 0.3) is 55.3 Å². The van der Waals surface area contributed by atoms with Crippen molar-refractivity contribution < 1.29 is 0 Å². The maximum absolute atomic E-state index is 2.48. The van der Waals surface area contributed by atoms with Crippen molar-refractivity contribution in [2.24, 2.45) is 0 Å². The van der Waals surface area contributed by atoms with E-state index in [4.69, 9.17) is 0 Å². The Morgan fingerprint density at radius 2 is 0.982 bits per heavy atom. The third-order valence-electron chi connectivity index (χ3n) is 12.7. The molecule has 2 aliphatic carbocycles. The molecule has 2 aliphatic rings. The molecule has 1 fully saturated rings. The van der Waals surface area contributed by atoms with Crippen molar-refractivity contribution in [1.82, 2.24) is 0 Å². The fourth-order valence-electron chi connectivity index (χ4n) is 9.72. The van der Waals surface area contributed by atoms with Crippen LogP contribution in [0, 0.1) is 0 Å². The van der Waals surface area contributed by atoms with E-state index in [0.29, 0.717) is 5.92 Å². The molecule has 0 aliphatic heterocycles. The summed E-state index contributed by atoms with van der Waals surface area (Å²) in [6.07, 6.45) is 6.66. The fraction of sp³-hybridized carbons (Fsp3) is 0.164. The van der Waals surface area contributed by atoms with Gasteiger partial charge in [-0.15, -0.1) is 0 Å². The van der Waals surface area contributed by atoms with Gasteiger partial charge in [0, 0.05) is 22.5 Å². The second kappa shape index (κ2) is 14.2. The summed E-state index contributed by atoms with van der Waals surface area (Å²) in [5.74, 6) is 0.667. The first-order valence-electron chi connectivity index (χ1n) is 20.5. The van der Waals surface area contributed by atoms with Gasteiger partial charge in [0.15, 0.2) is 0 Å². The minimum atomic E-state index is -0.0925. The smallest absolute Gasteiger partial charge is 0.0468 e. The predicted molar refractivity (Wildman–Crippen MR) is 238 cm³/mol. The molecule has 0 radical (unpaired) electrons. The first-order valence-corrected chi connectivity index (χ1v) is 20.5. The number of hydrogen-bond acceptors (Lipinski definition) is 1. The maximum Gasteiger partial charge on any atom is 0.0468 e. The van der Waals surface area contributed by atoms with Gasteiger partial charge < -0.3 is 4.90 Å². The van der Waals surface area contributed by atoms with Crippen LogP contribution in [0.15, 0.2) is 182 Å². The standard InChI is InChI=1S/C55H47N/c1-55(2)52-24-13-12-21-50(52)51-34-33-47(37-53(51)55)56(46-32-27-39-25-26-43(35-44(39)36-46)38-15-6-3-7-16-38)45-30-28-42(29-31-45)54-48(40-17-8-4-9-18-40)22-14-23-49(54)41-19-10-5-11-20-41/h4-5,8-14,17-38H,3,6-7,15-16H2,1-2H3. The quantitative estimate of drug-likeness (QED) is 0.158. The Balaban J connectivity index is 1.12. The molecule has 0 heterocycles. The van der Waals surface area contributed by atoms with Crippen molar-refractivity contribution >= 4 is 27.8 Å². The molecular formula is C55H47N. The molecule has 0 aromatic heterocycles. The van der Waals surface area contributed by atoms with Crippen LogP contribution in [0.4, 0.5) is 17.1 Å². The lowest BCUT2D eigenvalue weighted by Gasteiger charge is -2.29. The average Bonchev–Trinajstić information content (AvgIpc) is 3.49. The van der Waals surface area contributed by atoms with Gasteiger partial charge in [-0.3, -0.25) is 0 Å². The summed E-state index contributed by atoms with van der Waals surface area (Å²) in [5.41, 5.74) is 17.7. The summed E-state index contributed by atoms with van der Waals surface area (Å²) < 4.78 is 0. The van der Waals surface area contributed by atoms with Crippen molar-refractivity contribution in [3.05, 3.63) is 199 Å². The fourth-order valence-corrected chi connectivity index (χ4v) is 9.72. The summed E-state index contributed by atoms with van der Waals surface area (Å²) in [4.78, 5) is 2.47. The molecule has 8 aromatic carbocycles. The molecule has 56 heavy (non-hydrogen) atoms. The van der Waals surface area contributed by atoms with Gasteiger partial charge in [-0.05, 0) is 127 Å². The van der Waals surface area contributed by atoms with Crippen LogP contribution >= 0.6 is 0 Å². The second-order valence-corrected chi connectivity index (χ2v) is 16.4. The number of benzene rings is 8. The van der Waals surface area contributed by atoms with Crippen LogP contribution in [0.5, 0.6) is 0 Å². The summed E-state index contributed by atoms with van der Waals surface area (Å²) in [7, 11) is 0. The Bertz CT molecular complexity index is 2620. The van der Waals surface area contributed by atoms with E-state index in [1.165, 1.54) is 115 Å². The predicted octanol–water partition coefficient (Wildman–Crippen LogP) is 15.7. The summed E-state index contributed by atoms with van der Waals surface area (Å²) in [6, 6.07) is 67.9. The van der Waals surface area contributed by atoms with Gasteiger partial charge in [-0.1, -0.05) is 179 Å². The molecule has 0 spiro atoms. The average molecular weight is 722 g/mol. The first kappa shape index (κ1) is 34.3. The van der Waals surface area contributed by atoms with Crippen molar-refractivity contribution in [2.75, 3.05) is 4.90 Å². The molecule has 0 atom stereocenters. The van der Waals surface area contributed by atoms with Gasteiger partial charge >= 0.3 is 0 Å². The molecule has 272 valence electrons. The normalized spacial score (nSPS) is 14.7. The molecule has 0 N–H and O–H groups in total. The van der Waals surface area contributed by atoms with E-state index >= 15 is 0 Å². The van der Waals surface area contributed by atoms with Gasteiger partial charge in [0.25, 0.3) is 0 Å². The number of hydrogen-bond donors (Lipinski definition) is 0. The highest BCUT2D eigenvalue weighted by Crippen LogP contribution is 2.51. The first-order chi connectivity index (χ1) is 27.5. The van der Waals surface area contributed by atoms with Crippen molar-refractivity contribution in [3.63, 3.8) is 0 Å². The lowest BCUT2D eigenvalue weighted by Crippen LogP contribution is -2.16. The monoisotopic (exact) mass is 721 g/mol. The lowest BCUT2D eigenvalue weighted by atomic mass is 9.82. The molecule has 10 rings (SSSR count). The zero-order chi connectivity index (χ0) is 37.6. The molecule has 1 heteroatoms. The highest BCUT2D eigenvalue weighted by molar-refractivity contribution is 5.96. The SMILES string of the molecule is CC1(C)c2ccccc2-c2ccc(N(c3ccc(-c4c(-c5ccccc5)cccc4-c4ccccc4)cc3)c3ccc4ccc(C5CCCCC5)cc4c3)cc21. The molecule has 0 unspecified atom stereocenters. The van der Waals surface area contributed by atoms with E-state index in [1.54, 1.807) is 0 Å². The molecule has 0 amide bonds. The van der Waals surface area contributed by atoms with Crippen LogP contribution < -0.4 is 4.90 Å². The number of anilines is 3. The minimum Gasteiger partial charge on any atom is -0.310 e.